The van der Waals surface area contributed by atoms with E-state index >= 15 is 0 Å². The molecule has 1 aromatic carbocycles. The van der Waals surface area contributed by atoms with Gasteiger partial charge >= 0.3 is 0 Å². The van der Waals surface area contributed by atoms with E-state index in [9.17, 15) is 0 Å². The lowest BCUT2D eigenvalue weighted by Crippen LogP contribution is -2.54. The molecule has 110 valence electrons. The van der Waals surface area contributed by atoms with Gasteiger partial charge in [-0.05, 0) is 54.7 Å². The highest BCUT2D eigenvalue weighted by Gasteiger charge is 2.53. The van der Waals surface area contributed by atoms with Crippen LogP contribution in [0, 0.1) is 11.3 Å². The van der Waals surface area contributed by atoms with Crippen LogP contribution in [0.4, 0.5) is 0 Å². The first-order valence-electron chi connectivity index (χ1n) is 8.04. The smallest absolute Gasteiger partial charge is 0.119 e. The Hall–Kier alpha value is -1.02. The second kappa shape index (κ2) is 5.07. The molecule has 0 heterocycles. The van der Waals surface area contributed by atoms with Crippen LogP contribution >= 0.6 is 0 Å². The monoisotopic (exact) mass is 273 g/mol. The first kappa shape index (κ1) is 13.9. The van der Waals surface area contributed by atoms with Gasteiger partial charge in [0, 0.05) is 5.54 Å². The fourth-order valence-corrected chi connectivity index (χ4v) is 4.12. The van der Waals surface area contributed by atoms with Gasteiger partial charge in [-0.15, -0.1) is 0 Å². The predicted octanol–water partition coefficient (Wildman–Crippen LogP) is 4.23. The lowest BCUT2D eigenvalue weighted by atomic mass is 9.55. The molecule has 0 aliphatic heterocycles. The number of benzene rings is 1. The van der Waals surface area contributed by atoms with Crippen LogP contribution in [0.1, 0.15) is 57.9 Å². The van der Waals surface area contributed by atoms with Crippen molar-refractivity contribution >= 4 is 0 Å². The van der Waals surface area contributed by atoms with E-state index in [1.54, 1.807) is 0 Å². The third-order valence-electron chi connectivity index (χ3n) is 5.06. The van der Waals surface area contributed by atoms with Crippen molar-refractivity contribution in [2.75, 3.05) is 6.61 Å². The number of rotatable bonds is 4. The highest BCUT2D eigenvalue weighted by Crippen LogP contribution is 2.60. The molecule has 0 saturated heterocycles. The van der Waals surface area contributed by atoms with Gasteiger partial charge in [0.2, 0.25) is 0 Å². The quantitative estimate of drug-likeness (QED) is 0.891. The average molecular weight is 273 g/mol. The molecule has 20 heavy (non-hydrogen) atoms. The van der Waals surface area contributed by atoms with Crippen LogP contribution in [-0.2, 0) is 5.54 Å². The topological polar surface area (TPSA) is 35.2 Å². The van der Waals surface area contributed by atoms with Crippen LogP contribution in [0.15, 0.2) is 24.3 Å². The largest absolute Gasteiger partial charge is 0.493 e. The van der Waals surface area contributed by atoms with Crippen molar-refractivity contribution in [3.05, 3.63) is 29.8 Å². The van der Waals surface area contributed by atoms with E-state index in [0.29, 0.717) is 11.3 Å². The summed E-state index contributed by atoms with van der Waals surface area (Å²) in [5.41, 5.74) is 8.40. The maximum atomic E-state index is 6.61. The van der Waals surface area contributed by atoms with E-state index in [4.69, 9.17) is 10.5 Å². The Kier molecular flexibility index (Phi) is 3.53. The summed E-state index contributed by atoms with van der Waals surface area (Å²) in [4.78, 5) is 0. The minimum atomic E-state index is -0.0824. The first-order valence-corrected chi connectivity index (χ1v) is 8.04. The Labute approximate surface area is 122 Å². The lowest BCUT2D eigenvalue weighted by molar-refractivity contribution is 0.0312. The maximum Gasteiger partial charge on any atom is 0.119 e. The fraction of sp³-hybridized carbons (Fsp3) is 0.667. The van der Waals surface area contributed by atoms with E-state index < -0.39 is 0 Å². The molecule has 0 unspecified atom stereocenters. The molecule has 2 saturated carbocycles. The number of hydrogen-bond acceptors (Lipinski definition) is 2. The molecule has 0 radical (unpaired) electrons. The Morgan fingerprint density at radius 1 is 1.10 bits per heavy atom. The molecule has 2 nitrogen and oxygen atoms in total. The lowest BCUT2D eigenvalue weighted by Gasteiger charge is -2.53. The second-order valence-electron chi connectivity index (χ2n) is 7.45. The number of ether oxygens (including phenoxy) is 1. The molecule has 2 fully saturated rings. The highest BCUT2D eigenvalue weighted by atomic mass is 16.5. The summed E-state index contributed by atoms with van der Waals surface area (Å²) in [6, 6.07) is 8.48. The molecule has 0 aromatic heterocycles. The van der Waals surface area contributed by atoms with Crippen molar-refractivity contribution in [2.45, 2.75) is 57.9 Å². The standard InChI is InChI=1S/C18H27NO/c1-14(2)11-20-16-7-5-15(6-8-16)18(19)12-17(13-18)9-3-4-10-17/h5-8,14H,3-4,9-13,19H2,1-2H3. The van der Waals surface area contributed by atoms with E-state index in [0.717, 1.165) is 12.4 Å². The Balaban J connectivity index is 1.63. The van der Waals surface area contributed by atoms with Crippen LogP contribution in [0.5, 0.6) is 5.75 Å². The van der Waals surface area contributed by atoms with Crippen LogP contribution in [-0.4, -0.2) is 6.61 Å². The van der Waals surface area contributed by atoms with Gasteiger partial charge in [0.1, 0.15) is 5.75 Å². The Bertz CT molecular complexity index is 449. The summed E-state index contributed by atoms with van der Waals surface area (Å²) < 4.78 is 5.74. The highest BCUT2D eigenvalue weighted by molar-refractivity contribution is 5.34. The molecular formula is C18H27NO. The Morgan fingerprint density at radius 3 is 2.25 bits per heavy atom. The second-order valence-corrected chi connectivity index (χ2v) is 7.45. The predicted molar refractivity (Wildman–Crippen MR) is 82.8 cm³/mol. The van der Waals surface area contributed by atoms with E-state index in [-0.39, 0.29) is 5.54 Å². The number of hydrogen-bond donors (Lipinski definition) is 1. The van der Waals surface area contributed by atoms with Crippen molar-refractivity contribution in [1.29, 1.82) is 0 Å². The summed E-state index contributed by atoms with van der Waals surface area (Å²) in [6.45, 7) is 5.10. The zero-order valence-electron chi connectivity index (χ0n) is 12.8. The molecule has 0 bridgehead atoms. The minimum Gasteiger partial charge on any atom is -0.493 e. The molecule has 2 aliphatic carbocycles. The van der Waals surface area contributed by atoms with Crippen molar-refractivity contribution in [3.8, 4) is 5.75 Å². The van der Waals surface area contributed by atoms with E-state index in [1.807, 2.05) is 0 Å². The van der Waals surface area contributed by atoms with Gasteiger partial charge in [-0.1, -0.05) is 38.8 Å². The molecule has 2 N–H and O–H groups in total. The molecule has 2 heteroatoms. The van der Waals surface area contributed by atoms with Gasteiger partial charge in [-0.2, -0.15) is 0 Å². The summed E-state index contributed by atoms with van der Waals surface area (Å²) in [5, 5.41) is 0. The first-order chi connectivity index (χ1) is 9.51. The normalized spacial score (nSPS) is 23.0. The SMILES string of the molecule is CC(C)COc1ccc(C2(N)CC3(CCCC3)C2)cc1. The zero-order valence-corrected chi connectivity index (χ0v) is 12.8. The van der Waals surface area contributed by atoms with E-state index in [2.05, 4.69) is 38.1 Å². The summed E-state index contributed by atoms with van der Waals surface area (Å²) in [5.74, 6) is 1.52. The summed E-state index contributed by atoms with van der Waals surface area (Å²) in [6.07, 6.45) is 7.93. The van der Waals surface area contributed by atoms with Crippen molar-refractivity contribution in [3.63, 3.8) is 0 Å². The van der Waals surface area contributed by atoms with Crippen LogP contribution < -0.4 is 10.5 Å². The van der Waals surface area contributed by atoms with Crippen molar-refractivity contribution in [1.82, 2.24) is 0 Å². The Morgan fingerprint density at radius 2 is 1.70 bits per heavy atom. The van der Waals surface area contributed by atoms with E-state index in [1.165, 1.54) is 44.1 Å². The van der Waals surface area contributed by atoms with Crippen LogP contribution in [0.3, 0.4) is 0 Å². The maximum absolute atomic E-state index is 6.61. The molecule has 3 rings (SSSR count). The van der Waals surface area contributed by atoms with Crippen molar-refractivity contribution in [2.24, 2.45) is 17.1 Å². The van der Waals surface area contributed by atoms with Gasteiger partial charge in [0.15, 0.2) is 0 Å². The molecule has 1 aromatic rings. The molecular weight excluding hydrogens is 246 g/mol. The minimum absolute atomic E-state index is 0.0824. The van der Waals surface area contributed by atoms with Gasteiger partial charge in [-0.3, -0.25) is 0 Å². The average Bonchev–Trinajstić information content (AvgIpc) is 2.85. The van der Waals surface area contributed by atoms with Crippen LogP contribution in [0.2, 0.25) is 0 Å². The molecule has 0 atom stereocenters. The van der Waals surface area contributed by atoms with Gasteiger partial charge in [0.05, 0.1) is 6.61 Å². The van der Waals surface area contributed by atoms with Crippen molar-refractivity contribution < 1.29 is 4.74 Å². The molecule has 0 amide bonds. The zero-order chi connectivity index (χ0) is 14.2. The van der Waals surface area contributed by atoms with Gasteiger partial charge < -0.3 is 10.5 Å². The van der Waals surface area contributed by atoms with Gasteiger partial charge in [-0.25, -0.2) is 0 Å². The molecule has 2 aliphatic rings. The summed E-state index contributed by atoms with van der Waals surface area (Å²) in [7, 11) is 0. The van der Waals surface area contributed by atoms with Crippen LogP contribution in [0.25, 0.3) is 0 Å². The fourth-order valence-electron chi connectivity index (χ4n) is 4.12. The molecule has 1 spiro atoms. The summed E-state index contributed by atoms with van der Waals surface area (Å²) >= 11 is 0. The van der Waals surface area contributed by atoms with Gasteiger partial charge in [0.25, 0.3) is 0 Å². The third-order valence-corrected chi connectivity index (χ3v) is 5.06. The number of nitrogens with two attached hydrogens (primary N) is 1. The third kappa shape index (κ3) is 2.58.